The number of halogens is 1. The number of carbonyl (C=O) groups excluding carboxylic acids is 2. The first-order valence-electron chi connectivity index (χ1n) is 5.94. The third-order valence-electron chi connectivity index (χ3n) is 2.99. The molecule has 0 radical (unpaired) electrons. The van der Waals surface area contributed by atoms with Gasteiger partial charge in [-0.05, 0) is 38.0 Å². The Balaban J connectivity index is 2.11. The molecule has 1 aliphatic heterocycles. The van der Waals surface area contributed by atoms with E-state index in [4.69, 9.17) is 0 Å². The lowest BCUT2D eigenvalue weighted by Crippen LogP contribution is -2.32. The molecule has 96 valence electrons. The molecule has 4 nitrogen and oxygen atoms in total. The van der Waals surface area contributed by atoms with E-state index < -0.39 is 5.82 Å². The molecule has 1 aromatic carbocycles. The van der Waals surface area contributed by atoms with E-state index in [2.05, 4.69) is 5.32 Å². The Kier molecular flexibility index (Phi) is 3.60. The Labute approximate surface area is 105 Å². The summed E-state index contributed by atoms with van der Waals surface area (Å²) in [6.45, 7) is 2.78. The molecule has 1 N–H and O–H groups in total. The fraction of sp³-hybridized carbons (Fsp3) is 0.385. The normalized spacial score (nSPS) is 14.7. The van der Waals surface area contributed by atoms with Gasteiger partial charge in [0.2, 0.25) is 0 Å². The van der Waals surface area contributed by atoms with Crippen LogP contribution in [0.15, 0.2) is 18.2 Å². The number of nitrogens with one attached hydrogen (secondary N) is 1. The number of amides is 2. The molecule has 1 heterocycles. The zero-order chi connectivity index (χ0) is 13.1. The molecule has 0 aliphatic carbocycles. The van der Waals surface area contributed by atoms with Crippen molar-refractivity contribution in [1.29, 1.82) is 0 Å². The summed E-state index contributed by atoms with van der Waals surface area (Å²) in [5, 5.41) is 2.67. The van der Waals surface area contributed by atoms with Crippen LogP contribution in [0.3, 0.4) is 0 Å². The average molecular weight is 250 g/mol. The summed E-state index contributed by atoms with van der Waals surface area (Å²) in [5.41, 5.74) is 0.438. The zero-order valence-electron chi connectivity index (χ0n) is 10.2. The van der Waals surface area contributed by atoms with Crippen molar-refractivity contribution in [1.82, 2.24) is 4.90 Å². The molecule has 2 amide bonds. The van der Waals surface area contributed by atoms with Gasteiger partial charge in [-0.2, -0.15) is 0 Å². The summed E-state index contributed by atoms with van der Waals surface area (Å²) >= 11 is 0. The van der Waals surface area contributed by atoms with Gasteiger partial charge < -0.3 is 10.2 Å². The minimum atomic E-state index is -0.568. The van der Waals surface area contributed by atoms with Gasteiger partial charge >= 0.3 is 6.03 Å². The molecule has 0 aromatic heterocycles. The number of ketones is 1. The molecule has 0 saturated carbocycles. The van der Waals surface area contributed by atoms with Crippen LogP contribution >= 0.6 is 0 Å². The first kappa shape index (κ1) is 12.5. The van der Waals surface area contributed by atoms with Crippen LogP contribution in [-0.4, -0.2) is 29.8 Å². The number of likely N-dealkylation sites (tertiary alicyclic amines) is 1. The molecule has 0 bridgehead atoms. The van der Waals surface area contributed by atoms with Crippen LogP contribution in [-0.2, 0) is 0 Å². The highest BCUT2D eigenvalue weighted by Gasteiger charge is 2.18. The third-order valence-corrected chi connectivity index (χ3v) is 2.99. The monoisotopic (exact) mass is 250 g/mol. The molecule has 0 unspecified atom stereocenters. The number of nitrogens with zero attached hydrogens (tertiary/aromatic N) is 1. The number of hydrogen-bond donors (Lipinski definition) is 1. The molecule has 1 aliphatic rings. The van der Waals surface area contributed by atoms with Crippen molar-refractivity contribution in [2.24, 2.45) is 0 Å². The van der Waals surface area contributed by atoms with E-state index in [0.717, 1.165) is 25.9 Å². The Morgan fingerprint density at radius 3 is 2.56 bits per heavy atom. The smallest absolute Gasteiger partial charge is 0.321 e. The van der Waals surface area contributed by atoms with Crippen LogP contribution in [0.4, 0.5) is 14.9 Å². The van der Waals surface area contributed by atoms with E-state index in [0.29, 0.717) is 5.69 Å². The highest BCUT2D eigenvalue weighted by molar-refractivity contribution is 5.97. The van der Waals surface area contributed by atoms with E-state index in [1.54, 1.807) is 4.90 Å². The zero-order valence-corrected chi connectivity index (χ0v) is 10.2. The van der Waals surface area contributed by atoms with Crippen molar-refractivity contribution in [2.75, 3.05) is 18.4 Å². The van der Waals surface area contributed by atoms with Gasteiger partial charge in [0.1, 0.15) is 5.82 Å². The first-order valence-corrected chi connectivity index (χ1v) is 5.94. The second-order valence-corrected chi connectivity index (χ2v) is 4.38. The summed E-state index contributed by atoms with van der Waals surface area (Å²) in [5.74, 6) is -0.925. The minimum absolute atomic E-state index is 0.00535. The molecular formula is C13H15FN2O2. The largest absolute Gasteiger partial charge is 0.325 e. The van der Waals surface area contributed by atoms with E-state index in [1.165, 1.54) is 25.1 Å². The van der Waals surface area contributed by atoms with Gasteiger partial charge in [-0.3, -0.25) is 4.79 Å². The highest BCUT2D eigenvalue weighted by Crippen LogP contribution is 2.17. The van der Waals surface area contributed by atoms with E-state index >= 15 is 0 Å². The van der Waals surface area contributed by atoms with Crippen molar-refractivity contribution >= 4 is 17.5 Å². The number of benzene rings is 1. The van der Waals surface area contributed by atoms with Crippen LogP contribution in [0.5, 0.6) is 0 Å². The van der Waals surface area contributed by atoms with Gasteiger partial charge in [0.15, 0.2) is 5.78 Å². The number of rotatable bonds is 2. The molecule has 1 fully saturated rings. The Bertz CT molecular complexity index is 482. The number of hydrogen-bond acceptors (Lipinski definition) is 2. The van der Waals surface area contributed by atoms with Crippen LogP contribution in [0.2, 0.25) is 0 Å². The minimum Gasteiger partial charge on any atom is -0.325 e. The third kappa shape index (κ3) is 2.67. The van der Waals surface area contributed by atoms with Gasteiger partial charge in [-0.1, -0.05) is 0 Å². The maximum atomic E-state index is 13.3. The Morgan fingerprint density at radius 1 is 1.28 bits per heavy atom. The summed E-state index contributed by atoms with van der Waals surface area (Å²) in [4.78, 5) is 24.7. The van der Waals surface area contributed by atoms with E-state index in [1.807, 2.05) is 0 Å². The molecular weight excluding hydrogens is 235 g/mol. The van der Waals surface area contributed by atoms with Crippen LogP contribution in [0.25, 0.3) is 0 Å². The molecule has 1 saturated heterocycles. The van der Waals surface area contributed by atoms with Crippen LogP contribution in [0.1, 0.15) is 30.1 Å². The lowest BCUT2D eigenvalue weighted by atomic mass is 10.1. The lowest BCUT2D eigenvalue weighted by molar-refractivity contribution is 0.101. The Hall–Kier alpha value is -1.91. The average Bonchev–Trinajstić information content (AvgIpc) is 2.85. The van der Waals surface area contributed by atoms with Gasteiger partial charge in [0.05, 0.1) is 5.56 Å². The second kappa shape index (κ2) is 5.16. The molecule has 2 rings (SSSR count). The van der Waals surface area contributed by atoms with Crippen molar-refractivity contribution in [3.05, 3.63) is 29.6 Å². The fourth-order valence-corrected chi connectivity index (χ4v) is 2.00. The van der Waals surface area contributed by atoms with Crippen LogP contribution in [0, 0.1) is 5.82 Å². The predicted octanol–water partition coefficient (Wildman–Crippen LogP) is 2.66. The fourth-order valence-electron chi connectivity index (χ4n) is 2.00. The maximum absolute atomic E-state index is 13.3. The second-order valence-electron chi connectivity index (χ2n) is 4.38. The summed E-state index contributed by atoms with van der Waals surface area (Å²) in [7, 11) is 0. The number of urea groups is 1. The van der Waals surface area contributed by atoms with Crippen molar-refractivity contribution in [3.8, 4) is 0 Å². The highest BCUT2D eigenvalue weighted by atomic mass is 19.1. The summed E-state index contributed by atoms with van der Waals surface area (Å²) in [6.07, 6.45) is 2.02. The molecule has 1 aromatic rings. The van der Waals surface area contributed by atoms with Crippen molar-refractivity contribution in [2.45, 2.75) is 19.8 Å². The quantitative estimate of drug-likeness (QED) is 0.820. The van der Waals surface area contributed by atoms with E-state index in [9.17, 15) is 14.0 Å². The van der Waals surface area contributed by atoms with E-state index in [-0.39, 0.29) is 17.4 Å². The van der Waals surface area contributed by atoms with Crippen LogP contribution < -0.4 is 5.32 Å². The molecule has 0 spiro atoms. The van der Waals surface area contributed by atoms with Crippen molar-refractivity contribution < 1.29 is 14.0 Å². The maximum Gasteiger partial charge on any atom is 0.321 e. The number of Topliss-reactive ketones (excluding diaryl/α,β-unsaturated/α-hetero) is 1. The van der Waals surface area contributed by atoms with Gasteiger partial charge in [-0.25, -0.2) is 9.18 Å². The number of carbonyl (C=O) groups is 2. The standard InChI is InChI=1S/C13H15FN2O2/c1-9(17)11-8-10(4-5-12(11)14)15-13(18)16-6-2-3-7-16/h4-5,8H,2-3,6-7H2,1H3,(H,15,18). The van der Waals surface area contributed by atoms with Gasteiger partial charge in [0.25, 0.3) is 0 Å². The molecule has 0 atom stereocenters. The Morgan fingerprint density at radius 2 is 1.94 bits per heavy atom. The predicted molar refractivity (Wildman–Crippen MR) is 66.2 cm³/mol. The van der Waals surface area contributed by atoms with Crippen molar-refractivity contribution in [3.63, 3.8) is 0 Å². The first-order chi connectivity index (χ1) is 8.58. The number of anilines is 1. The SMILES string of the molecule is CC(=O)c1cc(NC(=O)N2CCCC2)ccc1F. The summed E-state index contributed by atoms with van der Waals surface area (Å²) in [6, 6.07) is 3.81. The molecule has 5 heteroatoms. The topological polar surface area (TPSA) is 49.4 Å². The van der Waals surface area contributed by atoms with Gasteiger partial charge in [-0.15, -0.1) is 0 Å². The summed E-state index contributed by atoms with van der Waals surface area (Å²) < 4.78 is 13.3. The lowest BCUT2D eigenvalue weighted by Gasteiger charge is -2.16. The van der Waals surface area contributed by atoms with Gasteiger partial charge in [0, 0.05) is 18.8 Å². The molecule has 18 heavy (non-hydrogen) atoms.